The van der Waals surface area contributed by atoms with Crippen molar-refractivity contribution < 1.29 is 4.39 Å². The fraction of sp³-hybridized carbons (Fsp3) is 0.350. The fourth-order valence-corrected chi connectivity index (χ4v) is 4.54. The maximum absolute atomic E-state index is 12.9. The minimum Gasteiger partial charge on any atom is -0.303 e. The summed E-state index contributed by atoms with van der Waals surface area (Å²) < 4.78 is 14.2. The first kappa shape index (κ1) is 15.7. The maximum Gasteiger partial charge on any atom is 0.123 e. The van der Waals surface area contributed by atoms with Crippen LogP contribution in [0.15, 0.2) is 48.5 Å². The molecule has 1 fully saturated rings. The topological polar surface area (TPSA) is 16.1 Å². The molecule has 4 heteroatoms. The number of hydrogen-bond acceptors (Lipinski definition) is 3. The molecule has 0 amide bonds. The van der Waals surface area contributed by atoms with E-state index in [0.717, 1.165) is 31.6 Å². The first-order valence-electron chi connectivity index (χ1n) is 8.60. The van der Waals surface area contributed by atoms with E-state index in [1.54, 1.807) is 12.1 Å². The van der Waals surface area contributed by atoms with Crippen LogP contribution in [0.25, 0.3) is 10.2 Å². The zero-order valence-electron chi connectivity index (χ0n) is 13.6. The third-order valence-electron chi connectivity index (χ3n) is 4.88. The number of nitrogens with zero attached hydrogens (tertiary/aromatic N) is 2. The standard InChI is InChI=1S/C20H21FN2S/c21-17-7-5-15(6-8-17)9-12-23-13-10-16(11-14-23)20-22-18-3-1-2-4-19(18)24-20/h1-8,16H,9-14H2. The molecule has 1 aliphatic heterocycles. The summed E-state index contributed by atoms with van der Waals surface area (Å²) in [5, 5.41) is 1.30. The van der Waals surface area contributed by atoms with Gasteiger partial charge in [-0.2, -0.15) is 0 Å². The van der Waals surface area contributed by atoms with Gasteiger partial charge in [0.25, 0.3) is 0 Å². The lowest BCUT2D eigenvalue weighted by molar-refractivity contribution is 0.214. The van der Waals surface area contributed by atoms with Crippen molar-refractivity contribution in [2.75, 3.05) is 19.6 Å². The molecule has 0 saturated carbocycles. The lowest BCUT2D eigenvalue weighted by atomic mass is 9.97. The Balaban J connectivity index is 1.32. The van der Waals surface area contributed by atoms with Gasteiger partial charge in [0.2, 0.25) is 0 Å². The van der Waals surface area contributed by atoms with Crippen LogP contribution in [-0.2, 0) is 6.42 Å². The summed E-state index contributed by atoms with van der Waals surface area (Å²) in [5.41, 5.74) is 2.35. The molecule has 0 spiro atoms. The predicted molar refractivity (Wildman–Crippen MR) is 98.1 cm³/mol. The molecular formula is C20H21FN2S. The Morgan fingerprint density at radius 3 is 2.54 bits per heavy atom. The number of aromatic nitrogens is 1. The van der Waals surface area contributed by atoms with E-state index in [1.807, 2.05) is 23.5 Å². The monoisotopic (exact) mass is 340 g/mol. The molecule has 124 valence electrons. The smallest absolute Gasteiger partial charge is 0.123 e. The Bertz CT molecular complexity index is 771. The lowest BCUT2D eigenvalue weighted by Gasteiger charge is -2.31. The van der Waals surface area contributed by atoms with Gasteiger partial charge in [-0.1, -0.05) is 24.3 Å². The van der Waals surface area contributed by atoms with Crippen LogP contribution in [0.1, 0.15) is 29.3 Å². The van der Waals surface area contributed by atoms with E-state index in [2.05, 4.69) is 29.2 Å². The molecule has 1 aliphatic rings. The highest BCUT2D eigenvalue weighted by atomic mass is 32.1. The summed E-state index contributed by atoms with van der Waals surface area (Å²) in [4.78, 5) is 7.35. The van der Waals surface area contributed by atoms with E-state index >= 15 is 0 Å². The molecule has 2 nitrogen and oxygen atoms in total. The third-order valence-corrected chi connectivity index (χ3v) is 6.08. The molecule has 2 heterocycles. The van der Waals surface area contributed by atoms with Crippen LogP contribution in [0.2, 0.25) is 0 Å². The number of fused-ring (bicyclic) bond motifs is 1. The number of likely N-dealkylation sites (tertiary alicyclic amines) is 1. The van der Waals surface area contributed by atoms with Crippen molar-refractivity contribution in [2.24, 2.45) is 0 Å². The molecule has 0 N–H and O–H groups in total. The van der Waals surface area contributed by atoms with Crippen LogP contribution in [0, 0.1) is 5.82 Å². The van der Waals surface area contributed by atoms with Gasteiger partial charge in [0, 0.05) is 12.5 Å². The predicted octanol–water partition coefficient (Wildman–Crippen LogP) is 4.86. The highest BCUT2D eigenvalue weighted by Crippen LogP contribution is 2.33. The van der Waals surface area contributed by atoms with E-state index in [4.69, 9.17) is 4.98 Å². The van der Waals surface area contributed by atoms with Crippen LogP contribution in [-0.4, -0.2) is 29.5 Å². The summed E-state index contributed by atoms with van der Waals surface area (Å²) in [5.74, 6) is 0.444. The first-order valence-corrected chi connectivity index (χ1v) is 9.42. The highest BCUT2D eigenvalue weighted by molar-refractivity contribution is 7.18. The van der Waals surface area contributed by atoms with Crippen molar-refractivity contribution >= 4 is 21.6 Å². The van der Waals surface area contributed by atoms with E-state index in [0.29, 0.717) is 5.92 Å². The molecule has 4 rings (SSSR count). The second-order valence-corrected chi connectivity index (χ2v) is 7.57. The Morgan fingerprint density at radius 1 is 1.04 bits per heavy atom. The van der Waals surface area contributed by atoms with Crippen LogP contribution < -0.4 is 0 Å². The van der Waals surface area contributed by atoms with Gasteiger partial charge in [-0.05, 0) is 62.2 Å². The zero-order valence-corrected chi connectivity index (χ0v) is 14.4. The largest absolute Gasteiger partial charge is 0.303 e. The van der Waals surface area contributed by atoms with Crippen LogP contribution >= 0.6 is 11.3 Å². The third kappa shape index (κ3) is 3.50. The maximum atomic E-state index is 12.9. The summed E-state index contributed by atoms with van der Waals surface area (Å²) >= 11 is 1.85. The second-order valence-electron chi connectivity index (χ2n) is 6.51. The highest BCUT2D eigenvalue weighted by Gasteiger charge is 2.23. The average molecular weight is 340 g/mol. The normalized spacial score (nSPS) is 16.7. The Kier molecular flexibility index (Phi) is 4.58. The Labute approximate surface area is 146 Å². The molecule has 0 bridgehead atoms. The SMILES string of the molecule is Fc1ccc(CCN2CCC(c3nc4ccccc4s3)CC2)cc1. The van der Waals surface area contributed by atoms with Crippen molar-refractivity contribution in [1.82, 2.24) is 9.88 Å². The molecule has 0 unspecified atom stereocenters. The number of para-hydroxylation sites is 1. The van der Waals surface area contributed by atoms with Crippen molar-refractivity contribution in [2.45, 2.75) is 25.2 Å². The van der Waals surface area contributed by atoms with Gasteiger partial charge in [0.05, 0.1) is 15.2 Å². The summed E-state index contributed by atoms with van der Waals surface area (Å²) in [6.07, 6.45) is 3.36. The van der Waals surface area contributed by atoms with Gasteiger partial charge in [-0.25, -0.2) is 9.37 Å². The number of rotatable bonds is 4. The Hall–Kier alpha value is -1.78. The van der Waals surface area contributed by atoms with E-state index in [9.17, 15) is 4.39 Å². The van der Waals surface area contributed by atoms with Crippen molar-refractivity contribution in [1.29, 1.82) is 0 Å². The molecule has 1 aromatic heterocycles. The number of benzene rings is 2. The molecule has 0 radical (unpaired) electrons. The van der Waals surface area contributed by atoms with Crippen molar-refractivity contribution in [3.63, 3.8) is 0 Å². The van der Waals surface area contributed by atoms with Gasteiger partial charge in [-0.15, -0.1) is 11.3 Å². The summed E-state index contributed by atoms with van der Waals surface area (Å²) in [6.45, 7) is 3.31. The second kappa shape index (κ2) is 6.99. The van der Waals surface area contributed by atoms with Gasteiger partial charge >= 0.3 is 0 Å². The quantitative estimate of drug-likeness (QED) is 0.674. The first-order chi connectivity index (χ1) is 11.8. The van der Waals surface area contributed by atoms with Crippen molar-refractivity contribution in [3.8, 4) is 0 Å². The molecule has 24 heavy (non-hydrogen) atoms. The van der Waals surface area contributed by atoms with Gasteiger partial charge in [0.15, 0.2) is 0 Å². The van der Waals surface area contributed by atoms with E-state index < -0.39 is 0 Å². The molecule has 1 saturated heterocycles. The van der Waals surface area contributed by atoms with Crippen LogP contribution in [0.4, 0.5) is 4.39 Å². The Morgan fingerprint density at radius 2 is 1.79 bits per heavy atom. The molecule has 0 atom stereocenters. The van der Waals surface area contributed by atoms with Crippen LogP contribution in [0.3, 0.4) is 0 Å². The van der Waals surface area contributed by atoms with Gasteiger partial charge in [-0.3, -0.25) is 0 Å². The fourth-order valence-electron chi connectivity index (χ4n) is 3.41. The van der Waals surface area contributed by atoms with Crippen LogP contribution in [0.5, 0.6) is 0 Å². The average Bonchev–Trinajstić information content (AvgIpc) is 3.06. The molecule has 2 aromatic carbocycles. The van der Waals surface area contributed by atoms with E-state index in [-0.39, 0.29) is 5.82 Å². The van der Waals surface area contributed by atoms with E-state index in [1.165, 1.54) is 28.1 Å². The van der Waals surface area contributed by atoms with Gasteiger partial charge in [0.1, 0.15) is 5.82 Å². The minimum absolute atomic E-state index is 0.157. The number of thiazole rings is 1. The molecule has 0 aliphatic carbocycles. The zero-order chi connectivity index (χ0) is 16.4. The summed E-state index contributed by atoms with van der Waals surface area (Å²) in [6, 6.07) is 15.3. The van der Waals surface area contributed by atoms with Gasteiger partial charge < -0.3 is 4.90 Å². The number of hydrogen-bond donors (Lipinski definition) is 0. The summed E-state index contributed by atoms with van der Waals surface area (Å²) in [7, 11) is 0. The lowest BCUT2D eigenvalue weighted by Crippen LogP contribution is -2.34. The minimum atomic E-state index is -0.157. The molecule has 3 aromatic rings. The molecular weight excluding hydrogens is 319 g/mol. The number of halogens is 1. The van der Waals surface area contributed by atoms with Crippen molar-refractivity contribution in [3.05, 3.63) is 64.9 Å². The number of piperidine rings is 1.